The van der Waals surface area contributed by atoms with E-state index in [0.29, 0.717) is 24.2 Å². The molecule has 0 spiro atoms. The lowest BCUT2D eigenvalue weighted by atomic mass is 10.1. The summed E-state index contributed by atoms with van der Waals surface area (Å²) in [5.41, 5.74) is -0.187. The van der Waals surface area contributed by atoms with E-state index in [1.165, 1.54) is 18.2 Å². The molecule has 1 amide bonds. The second kappa shape index (κ2) is 7.44. The maximum absolute atomic E-state index is 13.6. The summed E-state index contributed by atoms with van der Waals surface area (Å²) in [6.07, 6.45) is -4.64. The quantitative estimate of drug-likeness (QED) is 0.658. The average Bonchev–Trinajstić information content (AvgIpc) is 2.72. The van der Waals surface area contributed by atoms with Crippen molar-refractivity contribution in [1.29, 1.82) is 0 Å². The molecule has 2 heterocycles. The van der Waals surface area contributed by atoms with Crippen LogP contribution < -0.4 is 0 Å². The summed E-state index contributed by atoms with van der Waals surface area (Å²) in [5.74, 6) is -0.150. The number of hydrogen-bond acceptors (Lipinski definition) is 4. The van der Waals surface area contributed by atoms with Gasteiger partial charge in [0.05, 0.1) is 11.0 Å². The summed E-state index contributed by atoms with van der Waals surface area (Å²) < 4.78 is 40.7. The molecule has 0 bridgehead atoms. The van der Waals surface area contributed by atoms with Gasteiger partial charge in [0.1, 0.15) is 5.69 Å². The summed E-state index contributed by atoms with van der Waals surface area (Å²) in [4.78, 5) is 24.8. The highest BCUT2D eigenvalue weighted by Gasteiger charge is 2.37. The second-order valence-corrected chi connectivity index (χ2v) is 7.08. The molecule has 0 radical (unpaired) electrons. The van der Waals surface area contributed by atoms with E-state index in [9.17, 15) is 18.0 Å². The molecular weight excluding hydrogens is 381 g/mol. The summed E-state index contributed by atoms with van der Waals surface area (Å²) in [6, 6.07) is 12.6. The van der Waals surface area contributed by atoms with Gasteiger partial charge < -0.3 is 9.80 Å². The van der Waals surface area contributed by atoms with Gasteiger partial charge in [-0.05, 0) is 25.2 Å². The highest BCUT2D eigenvalue weighted by Crippen LogP contribution is 2.35. The minimum Gasteiger partial charge on any atom is -0.336 e. The zero-order valence-corrected chi connectivity index (χ0v) is 15.8. The van der Waals surface area contributed by atoms with Crippen molar-refractivity contribution in [1.82, 2.24) is 19.8 Å². The number of aromatic nitrogens is 2. The number of benzene rings is 2. The van der Waals surface area contributed by atoms with Crippen molar-refractivity contribution in [2.75, 3.05) is 33.2 Å². The van der Waals surface area contributed by atoms with E-state index in [0.717, 1.165) is 13.1 Å². The van der Waals surface area contributed by atoms with E-state index < -0.39 is 11.9 Å². The highest BCUT2D eigenvalue weighted by atomic mass is 19.4. The van der Waals surface area contributed by atoms with Crippen LogP contribution in [0.4, 0.5) is 13.2 Å². The van der Waals surface area contributed by atoms with Gasteiger partial charge in [0.15, 0.2) is 5.69 Å². The number of hydrogen-bond donors (Lipinski definition) is 0. The number of amides is 1. The molecule has 8 heteroatoms. The van der Waals surface area contributed by atoms with Gasteiger partial charge in [-0.1, -0.05) is 30.3 Å². The lowest BCUT2D eigenvalue weighted by Gasteiger charge is -2.32. The lowest BCUT2D eigenvalue weighted by Crippen LogP contribution is -2.47. The molecule has 150 valence electrons. The largest absolute Gasteiger partial charge is 0.435 e. The van der Waals surface area contributed by atoms with Crippen LogP contribution in [0.1, 0.15) is 16.1 Å². The minimum absolute atomic E-state index is 0.104. The first-order valence-electron chi connectivity index (χ1n) is 9.25. The minimum atomic E-state index is -4.64. The van der Waals surface area contributed by atoms with Gasteiger partial charge in [-0.3, -0.25) is 4.79 Å². The van der Waals surface area contributed by atoms with Gasteiger partial charge in [0, 0.05) is 37.3 Å². The number of carbonyl (C=O) groups excluding carboxylic acids is 1. The highest BCUT2D eigenvalue weighted by molar-refractivity contribution is 5.97. The standard InChI is InChI=1S/C21H19F3N4O/c1-27-9-11-28(12-10-27)20(29)15-7-8-16-17(13-15)25-18(14-5-3-2-4-6-14)19(26-16)21(22,23)24/h2-8,13H,9-12H2,1H3. The zero-order valence-electron chi connectivity index (χ0n) is 15.8. The van der Waals surface area contributed by atoms with Gasteiger partial charge in [0.25, 0.3) is 5.91 Å². The van der Waals surface area contributed by atoms with Crippen molar-refractivity contribution in [3.05, 3.63) is 59.8 Å². The van der Waals surface area contributed by atoms with E-state index >= 15 is 0 Å². The van der Waals surface area contributed by atoms with Crippen LogP contribution in [0.3, 0.4) is 0 Å². The van der Waals surface area contributed by atoms with Crippen LogP contribution in [0.2, 0.25) is 0 Å². The molecule has 0 unspecified atom stereocenters. The lowest BCUT2D eigenvalue weighted by molar-refractivity contribution is -0.140. The summed E-state index contributed by atoms with van der Waals surface area (Å²) in [5, 5.41) is 0. The molecule has 2 aromatic carbocycles. The summed E-state index contributed by atoms with van der Waals surface area (Å²) in [6.45, 7) is 2.79. The molecule has 1 aromatic heterocycles. The van der Waals surface area contributed by atoms with Gasteiger partial charge in [-0.2, -0.15) is 13.2 Å². The smallest absolute Gasteiger partial charge is 0.336 e. The van der Waals surface area contributed by atoms with Crippen LogP contribution in [0.15, 0.2) is 48.5 Å². The Morgan fingerprint density at radius 2 is 1.62 bits per heavy atom. The number of rotatable bonds is 2. The third kappa shape index (κ3) is 3.93. The average molecular weight is 400 g/mol. The molecular formula is C21H19F3N4O. The Hall–Kier alpha value is -3.00. The van der Waals surface area contributed by atoms with E-state index in [-0.39, 0.29) is 22.6 Å². The number of alkyl halides is 3. The molecule has 1 fully saturated rings. The first-order chi connectivity index (χ1) is 13.8. The molecule has 0 saturated carbocycles. The number of fused-ring (bicyclic) bond motifs is 1. The van der Waals surface area contributed by atoms with E-state index in [4.69, 9.17) is 0 Å². The number of halogens is 3. The Labute approximate surface area is 165 Å². The van der Waals surface area contributed by atoms with Crippen molar-refractivity contribution in [3.63, 3.8) is 0 Å². The molecule has 1 saturated heterocycles. The van der Waals surface area contributed by atoms with Crippen LogP contribution in [-0.4, -0.2) is 58.9 Å². The Morgan fingerprint density at radius 3 is 2.28 bits per heavy atom. The summed E-state index contributed by atoms with van der Waals surface area (Å²) in [7, 11) is 2.00. The molecule has 1 aliphatic rings. The SMILES string of the molecule is CN1CCN(C(=O)c2ccc3nc(C(F)(F)F)c(-c4ccccc4)nc3c2)CC1. The number of likely N-dealkylation sites (N-methyl/N-ethyl adjacent to an activating group) is 1. The molecule has 29 heavy (non-hydrogen) atoms. The molecule has 0 N–H and O–H groups in total. The fourth-order valence-electron chi connectivity index (χ4n) is 3.37. The van der Waals surface area contributed by atoms with Gasteiger partial charge in [0.2, 0.25) is 0 Å². The van der Waals surface area contributed by atoms with Crippen molar-refractivity contribution in [2.24, 2.45) is 0 Å². The van der Waals surface area contributed by atoms with Gasteiger partial charge in [-0.15, -0.1) is 0 Å². The summed E-state index contributed by atoms with van der Waals surface area (Å²) >= 11 is 0. The van der Waals surface area contributed by atoms with Crippen molar-refractivity contribution in [2.45, 2.75) is 6.18 Å². The third-order valence-corrected chi connectivity index (χ3v) is 5.02. The Kier molecular flexibility index (Phi) is 4.96. The maximum Gasteiger partial charge on any atom is 0.435 e. The third-order valence-electron chi connectivity index (χ3n) is 5.02. The Morgan fingerprint density at radius 1 is 0.931 bits per heavy atom. The normalized spacial score (nSPS) is 15.7. The number of nitrogens with zero attached hydrogens (tertiary/aromatic N) is 4. The van der Waals surface area contributed by atoms with Crippen LogP contribution in [0, 0.1) is 0 Å². The van der Waals surface area contributed by atoms with Gasteiger partial charge >= 0.3 is 6.18 Å². The zero-order chi connectivity index (χ0) is 20.6. The Bertz CT molecular complexity index is 1040. The van der Waals surface area contributed by atoms with Crippen LogP contribution in [-0.2, 0) is 6.18 Å². The first kappa shape index (κ1) is 19.3. The van der Waals surface area contributed by atoms with Gasteiger partial charge in [-0.25, -0.2) is 9.97 Å². The fraction of sp³-hybridized carbons (Fsp3) is 0.286. The molecule has 5 nitrogen and oxygen atoms in total. The maximum atomic E-state index is 13.6. The topological polar surface area (TPSA) is 49.3 Å². The predicted octanol–water partition coefficient (Wildman–Crippen LogP) is 3.70. The van der Waals surface area contributed by atoms with Crippen LogP contribution in [0.25, 0.3) is 22.3 Å². The molecule has 1 aliphatic heterocycles. The van der Waals surface area contributed by atoms with Crippen molar-refractivity contribution >= 4 is 16.9 Å². The van der Waals surface area contributed by atoms with Crippen molar-refractivity contribution < 1.29 is 18.0 Å². The number of piperazine rings is 1. The monoisotopic (exact) mass is 400 g/mol. The second-order valence-electron chi connectivity index (χ2n) is 7.08. The molecule has 0 aliphatic carbocycles. The molecule has 0 atom stereocenters. The molecule has 4 rings (SSSR count). The Balaban J connectivity index is 1.78. The van der Waals surface area contributed by atoms with Crippen molar-refractivity contribution in [3.8, 4) is 11.3 Å². The first-order valence-corrected chi connectivity index (χ1v) is 9.25. The van der Waals surface area contributed by atoms with Crippen LogP contribution >= 0.6 is 0 Å². The number of carbonyl (C=O) groups is 1. The fourth-order valence-corrected chi connectivity index (χ4v) is 3.37. The predicted molar refractivity (Wildman–Crippen MR) is 103 cm³/mol. The van der Waals surface area contributed by atoms with E-state index in [1.54, 1.807) is 35.2 Å². The molecule has 3 aromatic rings. The van der Waals surface area contributed by atoms with E-state index in [1.807, 2.05) is 7.05 Å². The van der Waals surface area contributed by atoms with E-state index in [2.05, 4.69) is 14.9 Å². The van der Waals surface area contributed by atoms with Crippen LogP contribution in [0.5, 0.6) is 0 Å².